The minimum atomic E-state index is 0.400. The molecule has 5 nitrogen and oxygen atoms in total. The van der Waals surface area contributed by atoms with Gasteiger partial charge in [-0.25, -0.2) is 11.4 Å². The molecule has 0 saturated carbocycles. The topological polar surface area (TPSA) is 79.7 Å². The van der Waals surface area contributed by atoms with E-state index < -0.39 is 0 Å². The van der Waals surface area contributed by atoms with Crippen molar-refractivity contribution in [3.05, 3.63) is 0 Å². The summed E-state index contributed by atoms with van der Waals surface area (Å²) in [6.45, 7) is 2.18. The predicted molar refractivity (Wildman–Crippen MR) is 49.2 cm³/mol. The Labute approximate surface area is 72.7 Å². The van der Waals surface area contributed by atoms with Gasteiger partial charge in [-0.2, -0.15) is 5.10 Å². The summed E-state index contributed by atoms with van der Waals surface area (Å²) in [4.78, 5) is 2.29. The summed E-state index contributed by atoms with van der Waals surface area (Å²) in [5.41, 5.74) is 7.92. The average molecular weight is 171 g/mol. The number of hydrazone groups is 1. The van der Waals surface area contributed by atoms with E-state index in [9.17, 15) is 0 Å². The van der Waals surface area contributed by atoms with Crippen molar-refractivity contribution < 1.29 is 0 Å². The molecule has 1 heterocycles. The smallest absolute Gasteiger partial charge is 0.124 e. The standard InChI is InChI=1S/C7H17N5/c1-12-4-2-6(3-5-12)7(8)10-11-9/h6,11H,2-5,9H2,1H3,(H2,8,10). The Morgan fingerprint density at radius 1 is 1.50 bits per heavy atom. The highest BCUT2D eigenvalue weighted by atomic mass is 15.5. The number of nitrogens with zero attached hydrogens (tertiary/aromatic N) is 2. The van der Waals surface area contributed by atoms with Crippen molar-refractivity contribution in [1.82, 2.24) is 10.4 Å². The Morgan fingerprint density at radius 3 is 2.58 bits per heavy atom. The maximum atomic E-state index is 5.69. The molecule has 5 heteroatoms. The van der Waals surface area contributed by atoms with Crippen LogP contribution in [-0.4, -0.2) is 30.9 Å². The molecule has 0 aromatic heterocycles. The second-order valence-corrected chi connectivity index (χ2v) is 3.24. The van der Waals surface area contributed by atoms with Gasteiger partial charge in [-0.3, -0.25) is 0 Å². The van der Waals surface area contributed by atoms with Gasteiger partial charge in [0.25, 0.3) is 0 Å². The maximum absolute atomic E-state index is 5.69. The fourth-order valence-corrected chi connectivity index (χ4v) is 1.47. The summed E-state index contributed by atoms with van der Waals surface area (Å²) in [7, 11) is 2.12. The van der Waals surface area contributed by atoms with Gasteiger partial charge in [-0.15, -0.1) is 0 Å². The third-order valence-corrected chi connectivity index (χ3v) is 2.33. The number of hydrogen-bond acceptors (Lipinski definition) is 4. The summed E-state index contributed by atoms with van der Waals surface area (Å²) in [6, 6.07) is 0. The number of hydrazine groups is 1. The molecule has 5 N–H and O–H groups in total. The van der Waals surface area contributed by atoms with Gasteiger partial charge >= 0.3 is 0 Å². The van der Waals surface area contributed by atoms with Crippen molar-refractivity contribution in [2.24, 2.45) is 22.6 Å². The first kappa shape index (κ1) is 9.28. The highest BCUT2D eigenvalue weighted by molar-refractivity contribution is 5.82. The highest BCUT2D eigenvalue weighted by Gasteiger charge is 2.19. The quantitative estimate of drug-likeness (QED) is 0.217. The molecule has 1 rings (SSSR count). The number of amidine groups is 1. The zero-order valence-corrected chi connectivity index (χ0v) is 7.45. The van der Waals surface area contributed by atoms with Crippen LogP contribution in [0.2, 0.25) is 0 Å². The molecule has 0 atom stereocenters. The third kappa shape index (κ3) is 2.35. The zero-order chi connectivity index (χ0) is 8.97. The molecule has 0 aromatic carbocycles. The summed E-state index contributed by atoms with van der Waals surface area (Å²) >= 11 is 0. The fourth-order valence-electron chi connectivity index (χ4n) is 1.47. The van der Waals surface area contributed by atoms with E-state index in [2.05, 4.69) is 22.6 Å². The van der Waals surface area contributed by atoms with Gasteiger partial charge in [0.15, 0.2) is 0 Å². The lowest BCUT2D eigenvalue weighted by Crippen LogP contribution is -2.37. The molecule has 1 aliphatic heterocycles. The molecular formula is C7H17N5. The van der Waals surface area contributed by atoms with E-state index in [0.717, 1.165) is 25.9 Å². The maximum Gasteiger partial charge on any atom is 0.124 e. The Balaban J connectivity index is 2.39. The SMILES string of the molecule is CN1CCC(/C(N)=N/NN)CC1. The molecule has 0 amide bonds. The fraction of sp³-hybridized carbons (Fsp3) is 0.857. The van der Waals surface area contributed by atoms with Gasteiger partial charge < -0.3 is 10.6 Å². The van der Waals surface area contributed by atoms with Crippen molar-refractivity contribution in [3.8, 4) is 0 Å². The molecule has 1 fully saturated rings. The van der Waals surface area contributed by atoms with E-state index in [4.69, 9.17) is 11.6 Å². The van der Waals surface area contributed by atoms with Crippen molar-refractivity contribution in [2.75, 3.05) is 20.1 Å². The normalized spacial score (nSPS) is 22.7. The molecular weight excluding hydrogens is 154 g/mol. The largest absolute Gasteiger partial charge is 0.385 e. The Kier molecular flexibility index (Phi) is 3.31. The number of nitrogens with one attached hydrogen (secondary N) is 1. The molecule has 12 heavy (non-hydrogen) atoms. The van der Waals surface area contributed by atoms with Gasteiger partial charge in [-0.1, -0.05) is 0 Å². The molecule has 0 bridgehead atoms. The van der Waals surface area contributed by atoms with Crippen LogP contribution < -0.4 is 17.1 Å². The van der Waals surface area contributed by atoms with Crippen LogP contribution in [0.3, 0.4) is 0 Å². The van der Waals surface area contributed by atoms with Gasteiger partial charge in [0, 0.05) is 5.92 Å². The second kappa shape index (κ2) is 4.27. The molecule has 0 aromatic rings. The van der Waals surface area contributed by atoms with Crippen LogP contribution in [0.15, 0.2) is 5.10 Å². The Hall–Kier alpha value is -0.810. The van der Waals surface area contributed by atoms with E-state index in [-0.39, 0.29) is 0 Å². The lowest BCUT2D eigenvalue weighted by molar-refractivity contribution is 0.251. The van der Waals surface area contributed by atoms with Crippen LogP contribution in [0, 0.1) is 5.92 Å². The van der Waals surface area contributed by atoms with Gasteiger partial charge in [0.1, 0.15) is 5.84 Å². The van der Waals surface area contributed by atoms with Gasteiger partial charge in [0.05, 0.1) is 0 Å². The Morgan fingerprint density at radius 2 is 2.08 bits per heavy atom. The number of likely N-dealkylation sites (tertiary alicyclic amines) is 1. The van der Waals surface area contributed by atoms with Gasteiger partial charge in [0.2, 0.25) is 0 Å². The summed E-state index contributed by atoms with van der Waals surface area (Å²) in [6.07, 6.45) is 2.15. The van der Waals surface area contributed by atoms with Crippen LogP contribution in [0.1, 0.15) is 12.8 Å². The van der Waals surface area contributed by atoms with Gasteiger partial charge in [-0.05, 0) is 33.0 Å². The van der Waals surface area contributed by atoms with E-state index in [0.29, 0.717) is 11.8 Å². The first-order valence-electron chi connectivity index (χ1n) is 4.21. The number of piperidine rings is 1. The molecule has 0 unspecified atom stereocenters. The van der Waals surface area contributed by atoms with E-state index in [1.54, 1.807) is 0 Å². The number of nitrogens with two attached hydrogens (primary N) is 2. The van der Waals surface area contributed by atoms with E-state index in [1.807, 2.05) is 0 Å². The lowest BCUT2D eigenvalue weighted by atomic mass is 9.96. The van der Waals surface area contributed by atoms with E-state index >= 15 is 0 Å². The molecule has 1 saturated heterocycles. The summed E-state index contributed by atoms with van der Waals surface area (Å²) < 4.78 is 0. The molecule has 0 spiro atoms. The van der Waals surface area contributed by atoms with E-state index in [1.165, 1.54) is 0 Å². The van der Waals surface area contributed by atoms with Crippen LogP contribution in [0.4, 0.5) is 0 Å². The van der Waals surface area contributed by atoms with Crippen molar-refractivity contribution in [3.63, 3.8) is 0 Å². The second-order valence-electron chi connectivity index (χ2n) is 3.24. The van der Waals surface area contributed by atoms with Crippen molar-refractivity contribution in [2.45, 2.75) is 12.8 Å². The summed E-state index contributed by atoms with van der Waals surface area (Å²) in [5.74, 6) is 6.07. The van der Waals surface area contributed by atoms with Crippen LogP contribution in [-0.2, 0) is 0 Å². The molecule has 0 radical (unpaired) electrons. The van der Waals surface area contributed by atoms with Crippen molar-refractivity contribution >= 4 is 5.84 Å². The lowest BCUT2D eigenvalue weighted by Gasteiger charge is -2.28. The van der Waals surface area contributed by atoms with Crippen LogP contribution >= 0.6 is 0 Å². The van der Waals surface area contributed by atoms with Crippen molar-refractivity contribution in [1.29, 1.82) is 0 Å². The average Bonchev–Trinajstić information content (AvgIpc) is 2.06. The minimum Gasteiger partial charge on any atom is -0.385 e. The third-order valence-electron chi connectivity index (χ3n) is 2.33. The number of rotatable bonds is 2. The monoisotopic (exact) mass is 171 g/mol. The van der Waals surface area contributed by atoms with Crippen LogP contribution in [0.5, 0.6) is 0 Å². The molecule has 0 aliphatic carbocycles. The Bertz CT molecular complexity index is 159. The van der Waals surface area contributed by atoms with Crippen LogP contribution in [0.25, 0.3) is 0 Å². The summed E-state index contributed by atoms with van der Waals surface area (Å²) in [5, 5.41) is 3.78. The highest BCUT2D eigenvalue weighted by Crippen LogP contribution is 2.15. The predicted octanol–water partition coefficient (Wildman–Crippen LogP) is -0.936. The molecule has 70 valence electrons. The molecule has 1 aliphatic rings. The first-order valence-corrected chi connectivity index (χ1v) is 4.21. The number of hydrogen-bond donors (Lipinski definition) is 3. The minimum absolute atomic E-state index is 0.400. The first-order chi connectivity index (χ1) is 5.74. The zero-order valence-electron chi connectivity index (χ0n) is 7.45.